The SMILES string of the molecule is CC.CC.Nc1ccccc1CO.Nc1ccccc1CP(Br)(c1ccccc1)(c1ccccc1)c1ccccc1. The maximum atomic E-state index is 8.64. The summed E-state index contributed by atoms with van der Waals surface area (Å²) in [6.45, 7) is 8.02. The summed E-state index contributed by atoms with van der Waals surface area (Å²) in [6, 6.07) is 47.9. The van der Waals surface area contributed by atoms with E-state index < -0.39 is 5.31 Å². The number of aliphatic hydroxyl groups is 1. The molecule has 0 unspecified atom stereocenters. The Balaban J connectivity index is 0.000000380. The van der Waals surface area contributed by atoms with Crippen molar-refractivity contribution in [1.29, 1.82) is 0 Å². The summed E-state index contributed by atoms with van der Waals surface area (Å²) in [7, 11) is 0. The van der Waals surface area contributed by atoms with Crippen LogP contribution in [0.1, 0.15) is 38.8 Å². The van der Waals surface area contributed by atoms with Crippen LogP contribution in [0.25, 0.3) is 0 Å². The average Bonchev–Trinajstić information content (AvgIpc) is 3.06. The zero-order valence-electron chi connectivity index (χ0n) is 24.6. The van der Waals surface area contributed by atoms with Crippen LogP contribution in [0, 0.1) is 0 Å². The van der Waals surface area contributed by atoms with Crippen molar-refractivity contribution in [2.45, 2.75) is 40.5 Å². The first-order valence-electron chi connectivity index (χ1n) is 14.1. The molecule has 5 heteroatoms. The van der Waals surface area contributed by atoms with E-state index in [-0.39, 0.29) is 6.61 Å². The molecule has 0 atom stereocenters. The molecule has 0 radical (unpaired) electrons. The molecule has 0 saturated carbocycles. The van der Waals surface area contributed by atoms with Gasteiger partial charge in [0.05, 0.1) is 6.61 Å². The Morgan fingerprint density at radius 1 is 0.488 bits per heavy atom. The number of hydrogen-bond acceptors (Lipinski definition) is 3. The number of nitrogens with two attached hydrogens (primary N) is 2. The van der Waals surface area contributed by atoms with Gasteiger partial charge in [-0.15, -0.1) is 0 Å². The van der Waals surface area contributed by atoms with Crippen molar-refractivity contribution >= 4 is 48.1 Å². The van der Waals surface area contributed by atoms with Crippen molar-refractivity contribution in [1.82, 2.24) is 0 Å². The van der Waals surface area contributed by atoms with Gasteiger partial charge in [-0.05, 0) is 6.07 Å². The zero-order valence-corrected chi connectivity index (χ0v) is 27.1. The molecular formula is C36H44BrN2OP. The number of para-hydroxylation sites is 2. The minimum atomic E-state index is -2.98. The molecular weight excluding hydrogens is 587 g/mol. The first-order chi connectivity index (χ1) is 20.0. The molecule has 5 N–H and O–H groups in total. The first kappa shape index (κ1) is 33.8. The molecule has 3 nitrogen and oxygen atoms in total. The molecule has 0 aliphatic heterocycles. The Morgan fingerprint density at radius 2 is 0.780 bits per heavy atom. The van der Waals surface area contributed by atoms with Crippen LogP contribution in [-0.2, 0) is 12.8 Å². The summed E-state index contributed by atoms with van der Waals surface area (Å²) in [6.07, 6.45) is 0.816. The van der Waals surface area contributed by atoms with E-state index in [0.717, 1.165) is 23.0 Å². The van der Waals surface area contributed by atoms with Gasteiger partial charge in [-0.2, -0.15) is 0 Å². The number of halogens is 1. The monoisotopic (exact) mass is 630 g/mol. The van der Waals surface area contributed by atoms with E-state index in [0.29, 0.717) is 5.69 Å². The Labute approximate surface area is 254 Å². The molecule has 5 aromatic rings. The summed E-state index contributed by atoms with van der Waals surface area (Å²) >= 11 is 4.46. The molecule has 0 aromatic heterocycles. The fourth-order valence-electron chi connectivity index (χ4n) is 4.61. The van der Waals surface area contributed by atoms with Gasteiger partial charge < -0.3 is 10.8 Å². The normalized spacial score (nSPS) is 11.1. The Bertz CT molecular complexity index is 1330. The predicted molar refractivity (Wildman–Crippen MR) is 188 cm³/mol. The fourth-order valence-corrected chi connectivity index (χ4v) is 12.3. The van der Waals surface area contributed by atoms with Gasteiger partial charge in [-0.1, -0.05) is 45.9 Å². The van der Waals surface area contributed by atoms with Gasteiger partial charge >= 0.3 is 175 Å². The van der Waals surface area contributed by atoms with Gasteiger partial charge in [-0.3, -0.25) is 0 Å². The molecule has 5 rings (SSSR count). The third-order valence-corrected chi connectivity index (χ3v) is 16.1. The summed E-state index contributed by atoms with van der Waals surface area (Å²) < 4.78 is 0. The van der Waals surface area contributed by atoms with Gasteiger partial charge in [0.2, 0.25) is 0 Å². The summed E-state index contributed by atoms with van der Waals surface area (Å²) in [5.74, 6) is 0. The molecule has 0 amide bonds. The van der Waals surface area contributed by atoms with Crippen LogP contribution in [0.3, 0.4) is 0 Å². The van der Waals surface area contributed by atoms with E-state index in [4.69, 9.17) is 16.6 Å². The third kappa shape index (κ3) is 7.86. The van der Waals surface area contributed by atoms with Crippen molar-refractivity contribution in [3.63, 3.8) is 0 Å². The molecule has 0 aliphatic rings. The Hall–Kier alpha value is -3.43. The van der Waals surface area contributed by atoms with E-state index in [1.54, 1.807) is 12.1 Å². The Morgan fingerprint density at radius 3 is 1.07 bits per heavy atom. The second-order valence-corrected chi connectivity index (χ2v) is 17.8. The van der Waals surface area contributed by atoms with Crippen molar-refractivity contribution in [3.8, 4) is 0 Å². The van der Waals surface area contributed by atoms with Crippen LogP contribution in [0.4, 0.5) is 11.4 Å². The molecule has 0 heterocycles. The van der Waals surface area contributed by atoms with Gasteiger partial charge in [0, 0.05) is 11.3 Å². The number of benzene rings is 5. The van der Waals surface area contributed by atoms with Gasteiger partial charge in [-0.25, -0.2) is 0 Å². The molecule has 0 spiro atoms. The van der Waals surface area contributed by atoms with Crippen molar-refractivity contribution in [3.05, 3.63) is 151 Å². The number of rotatable bonds is 6. The second kappa shape index (κ2) is 16.7. The van der Waals surface area contributed by atoms with Crippen LogP contribution in [0.5, 0.6) is 0 Å². The third-order valence-electron chi connectivity index (χ3n) is 6.63. The maximum absolute atomic E-state index is 8.64. The van der Waals surface area contributed by atoms with Crippen LogP contribution >= 0.6 is 20.8 Å². The summed E-state index contributed by atoms with van der Waals surface area (Å²) in [5, 5.41) is 9.56. The number of nitrogen functional groups attached to an aromatic ring is 2. The first-order valence-corrected chi connectivity index (χ1v) is 18.6. The molecule has 0 bridgehead atoms. The topological polar surface area (TPSA) is 72.3 Å². The van der Waals surface area contributed by atoms with E-state index >= 15 is 0 Å². The van der Waals surface area contributed by atoms with Gasteiger partial charge in [0.25, 0.3) is 0 Å². The standard InChI is InChI=1S/C25H23BrNP.C7H9NO.2C2H6/c26-28(22-13-4-1-5-14-22,23-15-6-2-7-16-23,24-17-8-3-9-18-24)20-21-12-10-11-19-25(21)27;8-7-4-2-1-3-6(7)5-9;2*1-2/h1-19H,20,27H2;1-4,9H,5,8H2;2*1-2H3. The molecule has 5 aromatic carbocycles. The second-order valence-electron chi connectivity index (χ2n) is 8.90. The van der Waals surface area contributed by atoms with E-state index in [1.807, 2.05) is 52.0 Å². The van der Waals surface area contributed by atoms with Crippen LogP contribution in [0.2, 0.25) is 0 Å². The van der Waals surface area contributed by atoms with E-state index in [2.05, 4.69) is 119 Å². The Kier molecular flexibility index (Phi) is 13.8. The quantitative estimate of drug-likeness (QED) is 0.130. The van der Waals surface area contributed by atoms with Crippen molar-refractivity contribution < 1.29 is 5.11 Å². The van der Waals surface area contributed by atoms with Gasteiger partial charge in [0.1, 0.15) is 0 Å². The van der Waals surface area contributed by atoms with Crippen LogP contribution in [-0.4, -0.2) is 5.11 Å². The minimum absolute atomic E-state index is 0.0205. The number of aliphatic hydroxyl groups excluding tert-OH is 1. The van der Waals surface area contributed by atoms with Crippen molar-refractivity contribution in [2.24, 2.45) is 0 Å². The van der Waals surface area contributed by atoms with E-state index in [1.165, 1.54) is 15.9 Å². The predicted octanol–water partition coefficient (Wildman–Crippen LogP) is 8.42. The molecule has 41 heavy (non-hydrogen) atoms. The van der Waals surface area contributed by atoms with E-state index in [9.17, 15) is 0 Å². The number of hydrogen-bond donors (Lipinski definition) is 3. The molecule has 0 saturated heterocycles. The number of anilines is 2. The van der Waals surface area contributed by atoms with Crippen LogP contribution < -0.4 is 27.4 Å². The fraction of sp³-hybridized carbons (Fsp3) is 0.167. The molecule has 0 fully saturated rings. The van der Waals surface area contributed by atoms with Crippen LogP contribution in [0.15, 0.2) is 140 Å². The molecule has 0 aliphatic carbocycles. The summed E-state index contributed by atoms with van der Waals surface area (Å²) in [4.78, 5) is 0. The summed E-state index contributed by atoms with van der Waals surface area (Å²) in [5.41, 5.74) is 15.3. The average molecular weight is 632 g/mol. The zero-order chi connectivity index (χ0) is 30.2. The van der Waals surface area contributed by atoms with Crippen molar-refractivity contribution in [2.75, 3.05) is 11.5 Å². The molecule has 216 valence electrons. The van der Waals surface area contributed by atoms with Gasteiger partial charge in [0.15, 0.2) is 0 Å².